The Morgan fingerprint density at radius 2 is 1.25 bits per heavy atom. The molecule has 0 bridgehead atoms. The Morgan fingerprint density at radius 3 is 1.70 bits per heavy atom. The molecule has 0 aliphatic carbocycles. The van der Waals surface area contributed by atoms with Gasteiger partial charge in [-0.2, -0.15) is 20.2 Å². The Balaban J connectivity index is 1.27. The maximum Gasteiger partial charge on any atom is 0.434 e. The predicted octanol–water partition coefficient (Wildman–Crippen LogP) is 8.69. The monoisotopic (exact) mass is 865 g/mol. The van der Waals surface area contributed by atoms with Crippen LogP contribution in [-0.4, -0.2) is 71.4 Å². The van der Waals surface area contributed by atoms with Gasteiger partial charge in [-0.05, 0) is 85.3 Å². The molecule has 8 aromatic rings. The minimum Gasteiger partial charge on any atom is -0.447 e. The number of fused-ring (bicyclic) bond motifs is 2. The fraction of sp³-hybridized carbons (Fsp3) is 0.122. The Morgan fingerprint density at radius 1 is 0.750 bits per heavy atom. The Kier molecular flexibility index (Phi) is 11.2. The number of hydrogen-bond donors (Lipinski definition) is 1. The highest BCUT2D eigenvalue weighted by atomic mass is 35.5. The summed E-state index contributed by atoms with van der Waals surface area (Å²) in [7, 11) is 0. The lowest BCUT2D eigenvalue weighted by Gasteiger charge is -2.35. The van der Waals surface area contributed by atoms with E-state index in [-0.39, 0.29) is 57.6 Å². The number of urea groups is 1. The van der Waals surface area contributed by atoms with Crippen LogP contribution in [0.15, 0.2) is 108 Å². The van der Waals surface area contributed by atoms with Crippen molar-refractivity contribution in [2.45, 2.75) is 19.9 Å². The SMILES string of the molecule is CC(C)NC(=O)N(c1cc(-c2ccnc3c(C(=O)c4cccs4)cnn23)ccc1F)N(C(=O)OCCCl)c1cc(-c2ccnc3c(C(=O)c4cccs4)cnn23)ccc1F. The number of halogens is 3. The van der Waals surface area contributed by atoms with Gasteiger partial charge in [-0.15, -0.1) is 34.3 Å². The van der Waals surface area contributed by atoms with Gasteiger partial charge in [0.25, 0.3) is 0 Å². The number of alkyl halides is 1. The minimum absolute atomic E-state index is 0.149. The van der Waals surface area contributed by atoms with E-state index in [1.807, 2.05) is 0 Å². The number of ketones is 2. The first kappa shape index (κ1) is 39.9. The first-order valence-electron chi connectivity index (χ1n) is 18.1. The van der Waals surface area contributed by atoms with E-state index in [1.165, 1.54) is 80.8 Å². The molecule has 0 aliphatic rings. The minimum atomic E-state index is -1.27. The molecule has 6 heterocycles. The van der Waals surface area contributed by atoms with E-state index in [0.29, 0.717) is 31.2 Å². The zero-order valence-electron chi connectivity index (χ0n) is 31.5. The molecule has 8 rings (SSSR count). The molecule has 0 saturated heterocycles. The third-order valence-corrected chi connectivity index (χ3v) is 10.9. The second kappa shape index (κ2) is 16.8. The fourth-order valence-corrected chi connectivity index (χ4v) is 7.81. The molecule has 1 N–H and O–H groups in total. The number of nitrogens with zero attached hydrogens (tertiary/aromatic N) is 8. The number of carbonyl (C=O) groups is 4. The van der Waals surface area contributed by atoms with Gasteiger partial charge in [0.05, 0.1) is 50.5 Å². The van der Waals surface area contributed by atoms with Gasteiger partial charge in [-0.25, -0.2) is 37.4 Å². The highest BCUT2D eigenvalue weighted by Gasteiger charge is 2.36. The van der Waals surface area contributed by atoms with Gasteiger partial charge < -0.3 is 10.1 Å². The Bertz CT molecular complexity index is 2920. The van der Waals surface area contributed by atoms with E-state index >= 15 is 8.78 Å². The van der Waals surface area contributed by atoms with Gasteiger partial charge in [0.1, 0.15) is 29.6 Å². The highest BCUT2D eigenvalue weighted by Crippen LogP contribution is 2.35. The van der Waals surface area contributed by atoms with Crippen molar-refractivity contribution < 1.29 is 32.7 Å². The molecule has 0 fully saturated rings. The number of aromatic nitrogens is 6. The summed E-state index contributed by atoms with van der Waals surface area (Å²) >= 11 is 8.42. The molecule has 0 radical (unpaired) electrons. The zero-order valence-corrected chi connectivity index (χ0v) is 33.8. The number of carbonyl (C=O) groups excluding carboxylic acids is 4. The molecule has 6 aromatic heterocycles. The first-order valence-corrected chi connectivity index (χ1v) is 20.4. The average molecular weight is 866 g/mol. The molecule has 2 aromatic carbocycles. The zero-order chi connectivity index (χ0) is 42.1. The number of amides is 3. The summed E-state index contributed by atoms with van der Waals surface area (Å²) in [6, 6.07) is 16.0. The summed E-state index contributed by atoms with van der Waals surface area (Å²) < 4.78 is 40.9. The number of hydrogen-bond acceptors (Lipinski definition) is 11. The normalized spacial score (nSPS) is 11.3. The largest absolute Gasteiger partial charge is 0.447 e. The van der Waals surface area contributed by atoms with Gasteiger partial charge in [0, 0.05) is 29.6 Å². The van der Waals surface area contributed by atoms with Crippen LogP contribution in [0.5, 0.6) is 0 Å². The van der Waals surface area contributed by atoms with Gasteiger partial charge in [-0.3, -0.25) is 9.59 Å². The van der Waals surface area contributed by atoms with Crippen molar-refractivity contribution in [3.8, 4) is 22.5 Å². The number of hydrazine groups is 1. The molecule has 14 nitrogen and oxygen atoms in total. The van der Waals surface area contributed by atoms with E-state index in [0.717, 1.165) is 12.1 Å². The third-order valence-electron chi connectivity index (χ3n) is 9.00. The van der Waals surface area contributed by atoms with Crippen LogP contribution in [0.25, 0.3) is 33.8 Å². The molecule has 0 spiro atoms. The molecule has 0 aliphatic heterocycles. The van der Waals surface area contributed by atoms with Crippen molar-refractivity contribution in [3.63, 3.8) is 0 Å². The number of benzene rings is 2. The van der Waals surface area contributed by atoms with Gasteiger partial charge in [0.15, 0.2) is 11.3 Å². The number of nitrogens with one attached hydrogen (secondary N) is 1. The van der Waals surface area contributed by atoms with Crippen LogP contribution in [0, 0.1) is 11.6 Å². The Labute approximate surface area is 352 Å². The lowest BCUT2D eigenvalue weighted by molar-refractivity contribution is 0.103. The Hall–Kier alpha value is -6.89. The first-order chi connectivity index (χ1) is 29.0. The van der Waals surface area contributed by atoms with Gasteiger partial charge in [-0.1, -0.05) is 12.1 Å². The maximum absolute atomic E-state index is 16.4. The van der Waals surface area contributed by atoms with Crippen molar-refractivity contribution in [3.05, 3.63) is 141 Å². The van der Waals surface area contributed by atoms with Crippen LogP contribution in [0.1, 0.15) is 44.3 Å². The highest BCUT2D eigenvalue weighted by molar-refractivity contribution is 7.12. The van der Waals surface area contributed by atoms with Crippen molar-refractivity contribution in [2.75, 3.05) is 22.5 Å². The second-order valence-corrected chi connectivity index (χ2v) is 15.5. The van der Waals surface area contributed by atoms with Crippen LogP contribution < -0.4 is 15.3 Å². The van der Waals surface area contributed by atoms with Crippen molar-refractivity contribution in [2.24, 2.45) is 0 Å². The van der Waals surface area contributed by atoms with Crippen molar-refractivity contribution in [1.82, 2.24) is 34.5 Å². The van der Waals surface area contributed by atoms with Crippen LogP contribution in [0.2, 0.25) is 0 Å². The lowest BCUT2D eigenvalue weighted by atomic mass is 10.1. The van der Waals surface area contributed by atoms with Gasteiger partial charge in [0.2, 0.25) is 11.6 Å². The fourth-order valence-electron chi connectivity index (χ4n) is 6.38. The standard InChI is InChI=1S/C41H30ClF2N9O5S2/c1-23(2)49-40(56)52(32-19-24(7-9-28(32)43)30-11-14-45-38-26(21-47-50(30)38)36(54)34-5-3-17-59-34)53(41(57)58-16-13-42)33-20-25(8-10-29(33)44)31-12-15-46-39-27(22-48-51(31)39)37(55)35-6-4-18-60-35/h3-12,14-15,17-23H,13,16H2,1-2H3,(H,49,56). The van der Waals surface area contributed by atoms with Crippen molar-refractivity contribution >= 4 is 80.6 Å². The summed E-state index contributed by atoms with van der Waals surface area (Å²) in [4.78, 5) is 64.8. The quantitative estimate of drug-likeness (QED) is 0.0764. The summed E-state index contributed by atoms with van der Waals surface area (Å²) in [5.74, 6) is -2.69. The average Bonchev–Trinajstić information content (AvgIpc) is 4.09. The third kappa shape index (κ3) is 7.47. The van der Waals surface area contributed by atoms with Crippen LogP contribution in [0.3, 0.4) is 0 Å². The molecular formula is C41H30ClF2N9O5S2. The van der Waals surface area contributed by atoms with E-state index < -0.39 is 41.2 Å². The number of anilines is 2. The van der Waals surface area contributed by atoms with E-state index in [2.05, 4.69) is 25.5 Å². The number of ether oxygens (including phenoxy) is 1. The second-order valence-electron chi connectivity index (χ2n) is 13.2. The molecule has 3 amide bonds. The van der Waals surface area contributed by atoms with Crippen molar-refractivity contribution in [1.29, 1.82) is 0 Å². The predicted molar refractivity (Wildman–Crippen MR) is 223 cm³/mol. The summed E-state index contributed by atoms with van der Waals surface area (Å²) in [6.07, 6.45) is 4.40. The topological polar surface area (TPSA) is 156 Å². The van der Waals surface area contributed by atoms with Crippen LogP contribution >= 0.6 is 34.3 Å². The summed E-state index contributed by atoms with van der Waals surface area (Å²) in [6.45, 7) is 2.95. The van der Waals surface area contributed by atoms with E-state index in [9.17, 15) is 19.2 Å². The maximum atomic E-state index is 16.4. The number of thiophene rings is 2. The van der Waals surface area contributed by atoms with Gasteiger partial charge >= 0.3 is 12.1 Å². The van der Waals surface area contributed by atoms with E-state index in [4.69, 9.17) is 16.3 Å². The smallest absolute Gasteiger partial charge is 0.434 e. The molecule has 0 unspecified atom stereocenters. The van der Waals surface area contributed by atoms with E-state index in [1.54, 1.807) is 61.0 Å². The molecule has 0 saturated carbocycles. The molecule has 302 valence electrons. The molecule has 0 atom stereocenters. The number of rotatable bonds is 11. The van der Waals surface area contributed by atoms with Crippen LogP contribution in [-0.2, 0) is 4.74 Å². The molecule has 19 heteroatoms. The van der Waals surface area contributed by atoms with Crippen LogP contribution in [0.4, 0.5) is 29.7 Å². The molecular weight excluding hydrogens is 836 g/mol. The summed E-state index contributed by atoms with van der Waals surface area (Å²) in [5.41, 5.74) is 1.15. The molecule has 60 heavy (non-hydrogen) atoms. The summed E-state index contributed by atoms with van der Waals surface area (Å²) in [5, 5.41) is 16.3. The lowest BCUT2D eigenvalue weighted by Crippen LogP contribution is -2.56.